The van der Waals surface area contributed by atoms with Gasteiger partial charge in [0.05, 0.1) is 10.6 Å². The van der Waals surface area contributed by atoms with Crippen molar-refractivity contribution >= 4 is 9.84 Å². The topological polar surface area (TPSA) is 34.1 Å². The third kappa shape index (κ3) is 1.58. The molecule has 0 fully saturated rings. The summed E-state index contributed by atoms with van der Waals surface area (Å²) in [6.45, 7) is 8.12. The van der Waals surface area contributed by atoms with Crippen molar-refractivity contribution < 1.29 is 8.42 Å². The van der Waals surface area contributed by atoms with E-state index in [1.165, 1.54) is 0 Å². The summed E-state index contributed by atoms with van der Waals surface area (Å²) in [6, 6.07) is 4.01. The first kappa shape index (κ1) is 11.6. The fraction of sp³-hybridized carbons (Fsp3) is 0.538. The molecule has 1 heterocycles. The fourth-order valence-electron chi connectivity index (χ4n) is 2.35. The van der Waals surface area contributed by atoms with Gasteiger partial charge in [-0.3, -0.25) is 0 Å². The third-order valence-corrected chi connectivity index (χ3v) is 5.60. The minimum absolute atomic E-state index is 0.0287. The molecule has 0 unspecified atom stereocenters. The Kier molecular flexibility index (Phi) is 2.42. The predicted molar refractivity (Wildman–Crippen MR) is 65.6 cm³/mol. The highest BCUT2D eigenvalue weighted by molar-refractivity contribution is 7.91. The van der Waals surface area contributed by atoms with Crippen molar-refractivity contribution in [1.29, 1.82) is 0 Å². The number of hydrogen-bond donors (Lipinski definition) is 0. The quantitative estimate of drug-likeness (QED) is 0.696. The Morgan fingerprint density at radius 1 is 1.19 bits per heavy atom. The van der Waals surface area contributed by atoms with Gasteiger partial charge in [-0.05, 0) is 42.4 Å². The summed E-state index contributed by atoms with van der Waals surface area (Å²) in [5.74, 6) is 0.275. The van der Waals surface area contributed by atoms with E-state index >= 15 is 0 Å². The Balaban J connectivity index is 2.86. The van der Waals surface area contributed by atoms with E-state index in [4.69, 9.17) is 0 Å². The van der Waals surface area contributed by atoms with E-state index in [1.54, 1.807) is 0 Å². The molecule has 0 aliphatic carbocycles. The van der Waals surface area contributed by atoms with Gasteiger partial charge in [0.1, 0.15) is 0 Å². The monoisotopic (exact) mass is 238 g/mol. The molecule has 88 valence electrons. The molecule has 16 heavy (non-hydrogen) atoms. The van der Waals surface area contributed by atoms with Crippen molar-refractivity contribution in [3.63, 3.8) is 0 Å². The van der Waals surface area contributed by atoms with Crippen LogP contribution in [-0.4, -0.2) is 14.2 Å². The minimum Gasteiger partial charge on any atom is -0.224 e. The van der Waals surface area contributed by atoms with Gasteiger partial charge < -0.3 is 0 Å². The fourth-order valence-corrected chi connectivity index (χ4v) is 4.64. The van der Waals surface area contributed by atoms with Crippen LogP contribution in [0, 0.1) is 13.8 Å². The zero-order chi connectivity index (χ0) is 12.1. The Bertz CT molecular complexity index is 539. The van der Waals surface area contributed by atoms with E-state index in [-0.39, 0.29) is 11.2 Å². The molecule has 0 radical (unpaired) electrons. The van der Waals surface area contributed by atoms with Gasteiger partial charge in [-0.2, -0.15) is 0 Å². The number of aryl methyl sites for hydroxylation is 1. The van der Waals surface area contributed by atoms with Crippen LogP contribution in [0.15, 0.2) is 17.0 Å². The Hall–Kier alpha value is -0.830. The Morgan fingerprint density at radius 2 is 1.81 bits per heavy atom. The summed E-state index contributed by atoms with van der Waals surface area (Å²) < 4.78 is 24.3. The largest absolute Gasteiger partial charge is 0.224 e. The number of benzene rings is 1. The van der Waals surface area contributed by atoms with Gasteiger partial charge in [0.2, 0.25) is 0 Å². The van der Waals surface area contributed by atoms with E-state index < -0.39 is 9.84 Å². The molecule has 0 aromatic heterocycles. The second kappa shape index (κ2) is 3.33. The van der Waals surface area contributed by atoms with Gasteiger partial charge >= 0.3 is 0 Å². The summed E-state index contributed by atoms with van der Waals surface area (Å²) in [4.78, 5) is 0.587. The zero-order valence-electron chi connectivity index (χ0n) is 10.3. The van der Waals surface area contributed by atoms with Gasteiger partial charge in [0.15, 0.2) is 9.84 Å². The second-order valence-electron chi connectivity index (χ2n) is 5.34. The smallest absolute Gasteiger partial charge is 0.178 e. The number of fused-ring (bicyclic) bond motifs is 1. The molecule has 1 aromatic rings. The van der Waals surface area contributed by atoms with Crippen LogP contribution in [0.3, 0.4) is 0 Å². The minimum atomic E-state index is -3.07. The normalized spacial score (nSPS) is 21.5. The molecule has 0 spiro atoms. The number of hydrogen-bond acceptors (Lipinski definition) is 2. The van der Waals surface area contributed by atoms with Gasteiger partial charge in [-0.1, -0.05) is 26.0 Å². The standard InChI is InChI=1S/C13H18O2S/c1-9-5-6-11-12(10(9)2)16(14,15)8-7-13(11,3)4/h5-6H,7-8H2,1-4H3. The van der Waals surface area contributed by atoms with Gasteiger partial charge in [-0.15, -0.1) is 0 Å². The van der Waals surface area contributed by atoms with E-state index in [2.05, 4.69) is 13.8 Å². The molecule has 1 aliphatic rings. The molecule has 1 aliphatic heterocycles. The zero-order valence-corrected chi connectivity index (χ0v) is 11.1. The summed E-state index contributed by atoms with van der Waals surface area (Å²) in [5, 5.41) is 0. The first-order valence-electron chi connectivity index (χ1n) is 5.59. The van der Waals surface area contributed by atoms with Crippen LogP contribution in [0.5, 0.6) is 0 Å². The lowest BCUT2D eigenvalue weighted by Crippen LogP contribution is -2.31. The Morgan fingerprint density at radius 3 is 2.44 bits per heavy atom. The van der Waals surface area contributed by atoms with Crippen LogP contribution in [-0.2, 0) is 15.3 Å². The molecule has 0 atom stereocenters. The molecule has 0 bridgehead atoms. The molecule has 0 saturated heterocycles. The maximum absolute atomic E-state index is 12.1. The predicted octanol–water partition coefficient (Wildman–Crippen LogP) is 2.76. The highest BCUT2D eigenvalue weighted by atomic mass is 32.2. The molecule has 2 nitrogen and oxygen atoms in total. The highest BCUT2D eigenvalue weighted by Gasteiger charge is 2.36. The van der Waals surface area contributed by atoms with Crippen LogP contribution in [0.25, 0.3) is 0 Å². The number of sulfone groups is 1. The molecule has 2 rings (SSSR count). The van der Waals surface area contributed by atoms with Crippen LogP contribution in [0.2, 0.25) is 0 Å². The third-order valence-electron chi connectivity index (χ3n) is 3.71. The lowest BCUT2D eigenvalue weighted by Gasteiger charge is -2.33. The van der Waals surface area contributed by atoms with Crippen molar-refractivity contribution in [3.05, 3.63) is 28.8 Å². The first-order valence-corrected chi connectivity index (χ1v) is 7.24. The van der Waals surface area contributed by atoms with E-state index in [1.807, 2.05) is 26.0 Å². The second-order valence-corrected chi connectivity index (χ2v) is 7.38. The van der Waals surface area contributed by atoms with Crippen LogP contribution >= 0.6 is 0 Å². The maximum atomic E-state index is 12.1. The molecule has 3 heteroatoms. The first-order chi connectivity index (χ1) is 7.26. The average molecular weight is 238 g/mol. The van der Waals surface area contributed by atoms with Crippen molar-refractivity contribution in [2.45, 2.75) is 44.4 Å². The Labute approximate surface area is 97.6 Å². The maximum Gasteiger partial charge on any atom is 0.178 e. The van der Waals surface area contributed by atoms with Crippen LogP contribution in [0.4, 0.5) is 0 Å². The molecule has 0 amide bonds. The van der Waals surface area contributed by atoms with E-state index in [9.17, 15) is 8.42 Å². The molecule has 0 saturated carbocycles. The van der Waals surface area contributed by atoms with Crippen molar-refractivity contribution in [2.24, 2.45) is 0 Å². The summed E-state index contributed by atoms with van der Waals surface area (Å²) in [5.41, 5.74) is 2.94. The molecular formula is C13H18O2S. The van der Waals surface area contributed by atoms with Crippen LogP contribution in [0.1, 0.15) is 37.0 Å². The van der Waals surface area contributed by atoms with Crippen LogP contribution < -0.4 is 0 Å². The van der Waals surface area contributed by atoms with Crippen molar-refractivity contribution in [2.75, 3.05) is 5.75 Å². The van der Waals surface area contributed by atoms with Gasteiger partial charge in [0, 0.05) is 0 Å². The van der Waals surface area contributed by atoms with Crippen molar-refractivity contribution in [3.8, 4) is 0 Å². The van der Waals surface area contributed by atoms with Gasteiger partial charge in [0.25, 0.3) is 0 Å². The summed E-state index contributed by atoms with van der Waals surface area (Å²) >= 11 is 0. The SMILES string of the molecule is Cc1ccc2c(c1C)S(=O)(=O)CCC2(C)C. The van der Waals surface area contributed by atoms with E-state index in [0.29, 0.717) is 11.3 Å². The highest BCUT2D eigenvalue weighted by Crippen LogP contribution is 2.40. The molecule has 1 aromatic carbocycles. The molecule has 0 N–H and O–H groups in total. The van der Waals surface area contributed by atoms with Crippen molar-refractivity contribution in [1.82, 2.24) is 0 Å². The van der Waals surface area contributed by atoms with Gasteiger partial charge in [-0.25, -0.2) is 8.42 Å². The van der Waals surface area contributed by atoms with E-state index in [0.717, 1.165) is 16.7 Å². The molecular weight excluding hydrogens is 220 g/mol. The summed E-state index contributed by atoms with van der Waals surface area (Å²) in [7, 11) is -3.07. The lowest BCUT2D eigenvalue weighted by atomic mass is 9.80. The average Bonchev–Trinajstić information content (AvgIpc) is 2.17. The lowest BCUT2D eigenvalue weighted by molar-refractivity contribution is 0.471. The number of rotatable bonds is 0. The summed E-state index contributed by atoms with van der Waals surface area (Å²) in [6.07, 6.45) is 0.713.